The quantitative estimate of drug-likeness (QED) is 0.880. The van der Waals surface area contributed by atoms with Gasteiger partial charge in [-0.25, -0.2) is 0 Å². The van der Waals surface area contributed by atoms with E-state index in [0.29, 0.717) is 17.6 Å². The van der Waals surface area contributed by atoms with Crippen molar-refractivity contribution in [1.82, 2.24) is 10.1 Å². The molecule has 4 heteroatoms. The van der Waals surface area contributed by atoms with Crippen molar-refractivity contribution in [1.29, 1.82) is 0 Å². The van der Waals surface area contributed by atoms with E-state index in [1.165, 1.54) is 19.3 Å². The van der Waals surface area contributed by atoms with Gasteiger partial charge in [0.2, 0.25) is 11.7 Å². The van der Waals surface area contributed by atoms with Crippen LogP contribution in [0.5, 0.6) is 5.75 Å². The van der Waals surface area contributed by atoms with Crippen LogP contribution in [0.1, 0.15) is 25.2 Å². The zero-order chi connectivity index (χ0) is 11.7. The number of aromatic nitrogens is 2. The molecule has 0 saturated heterocycles. The van der Waals surface area contributed by atoms with Crippen molar-refractivity contribution in [3.8, 4) is 17.1 Å². The third-order valence-electron chi connectivity index (χ3n) is 3.26. The minimum Gasteiger partial charge on any atom is -0.508 e. The molecule has 88 valence electrons. The van der Waals surface area contributed by atoms with E-state index in [1.807, 2.05) is 6.07 Å². The largest absolute Gasteiger partial charge is 0.508 e. The maximum Gasteiger partial charge on any atom is 0.227 e. The standard InChI is InChI=1S/C13H14N2O2/c16-11-6-2-5-10(8-11)13-14-12(17-15-13)7-9-3-1-4-9/h2,5-6,8-9,16H,1,3-4,7H2. The summed E-state index contributed by atoms with van der Waals surface area (Å²) in [6.45, 7) is 0. The van der Waals surface area contributed by atoms with E-state index in [2.05, 4.69) is 10.1 Å². The van der Waals surface area contributed by atoms with Crippen LogP contribution in [0, 0.1) is 5.92 Å². The van der Waals surface area contributed by atoms with Gasteiger partial charge < -0.3 is 9.63 Å². The fourth-order valence-corrected chi connectivity index (χ4v) is 2.04. The Morgan fingerprint density at radius 2 is 2.24 bits per heavy atom. The Hall–Kier alpha value is -1.84. The molecule has 1 aromatic carbocycles. The SMILES string of the molecule is Oc1cccc(-c2noc(CC3CCC3)n2)c1. The Kier molecular flexibility index (Phi) is 2.55. The molecule has 0 spiro atoms. The summed E-state index contributed by atoms with van der Waals surface area (Å²) in [6.07, 6.45) is 4.73. The second kappa shape index (κ2) is 4.20. The van der Waals surface area contributed by atoms with Gasteiger partial charge in [-0.2, -0.15) is 4.98 Å². The molecule has 1 aliphatic rings. The van der Waals surface area contributed by atoms with Gasteiger partial charge in [0, 0.05) is 12.0 Å². The third kappa shape index (κ3) is 2.16. The van der Waals surface area contributed by atoms with Crippen LogP contribution in [0.2, 0.25) is 0 Å². The average molecular weight is 230 g/mol. The first-order valence-corrected chi connectivity index (χ1v) is 5.93. The molecule has 0 radical (unpaired) electrons. The predicted octanol–water partition coefficient (Wildman–Crippen LogP) is 2.78. The number of nitrogens with zero attached hydrogens (tertiary/aromatic N) is 2. The molecule has 1 aromatic heterocycles. The Morgan fingerprint density at radius 1 is 1.35 bits per heavy atom. The second-order valence-corrected chi connectivity index (χ2v) is 4.56. The summed E-state index contributed by atoms with van der Waals surface area (Å²) in [4.78, 5) is 4.35. The van der Waals surface area contributed by atoms with Gasteiger partial charge in [-0.3, -0.25) is 0 Å². The highest BCUT2D eigenvalue weighted by Gasteiger charge is 2.21. The molecule has 1 fully saturated rings. The third-order valence-corrected chi connectivity index (χ3v) is 3.26. The number of phenolic OH excluding ortho intramolecular Hbond substituents is 1. The van der Waals surface area contributed by atoms with Crippen LogP contribution in [0.15, 0.2) is 28.8 Å². The van der Waals surface area contributed by atoms with Crippen molar-refractivity contribution in [3.63, 3.8) is 0 Å². The average Bonchev–Trinajstić information content (AvgIpc) is 2.72. The van der Waals surface area contributed by atoms with Crippen LogP contribution in [0.3, 0.4) is 0 Å². The van der Waals surface area contributed by atoms with Crippen molar-refractivity contribution in [3.05, 3.63) is 30.2 Å². The van der Waals surface area contributed by atoms with Gasteiger partial charge in [-0.15, -0.1) is 0 Å². The highest BCUT2D eigenvalue weighted by Crippen LogP contribution is 2.30. The smallest absolute Gasteiger partial charge is 0.227 e. The number of hydrogen-bond acceptors (Lipinski definition) is 4. The van der Waals surface area contributed by atoms with Gasteiger partial charge in [0.15, 0.2) is 0 Å². The van der Waals surface area contributed by atoms with Crippen LogP contribution in [0.25, 0.3) is 11.4 Å². The minimum absolute atomic E-state index is 0.216. The number of hydrogen-bond donors (Lipinski definition) is 1. The lowest BCUT2D eigenvalue weighted by molar-refractivity contribution is 0.273. The molecule has 1 heterocycles. The highest BCUT2D eigenvalue weighted by atomic mass is 16.5. The molecule has 0 unspecified atom stereocenters. The van der Waals surface area contributed by atoms with Gasteiger partial charge >= 0.3 is 0 Å². The Morgan fingerprint density at radius 3 is 2.94 bits per heavy atom. The van der Waals surface area contributed by atoms with E-state index in [0.717, 1.165) is 12.0 Å². The number of rotatable bonds is 3. The van der Waals surface area contributed by atoms with Gasteiger partial charge in [-0.05, 0) is 30.9 Å². The fraction of sp³-hybridized carbons (Fsp3) is 0.385. The first kappa shape index (κ1) is 10.3. The lowest BCUT2D eigenvalue weighted by Gasteiger charge is -2.23. The van der Waals surface area contributed by atoms with Crippen molar-refractivity contribution < 1.29 is 9.63 Å². The molecular weight excluding hydrogens is 216 g/mol. The summed E-state index contributed by atoms with van der Waals surface area (Å²) in [5, 5.41) is 13.3. The predicted molar refractivity (Wildman–Crippen MR) is 62.4 cm³/mol. The molecule has 17 heavy (non-hydrogen) atoms. The van der Waals surface area contributed by atoms with Crippen LogP contribution < -0.4 is 0 Å². The Bertz CT molecular complexity index is 518. The Balaban J connectivity index is 1.79. The molecule has 0 atom stereocenters. The topological polar surface area (TPSA) is 59.2 Å². The molecule has 0 amide bonds. The summed E-state index contributed by atoms with van der Waals surface area (Å²) in [6, 6.07) is 6.89. The second-order valence-electron chi connectivity index (χ2n) is 4.56. The van der Waals surface area contributed by atoms with E-state index in [9.17, 15) is 5.11 Å². The van der Waals surface area contributed by atoms with Crippen LogP contribution in [-0.2, 0) is 6.42 Å². The van der Waals surface area contributed by atoms with Crippen molar-refractivity contribution in [2.75, 3.05) is 0 Å². The molecule has 4 nitrogen and oxygen atoms in total. The van der Waals surface area contributed by atoms with Crippen LogP contribution in [-0.4, -0.2) is 15.2 Å². The molecule has 2 aromatic rings. The van der Waals surface area contributed by atoms with Gasteiger partial charge in [0.25, 0.3) is 0 Å². The van der Waals surface area contributed by atoms with Crippen molar-refractivity contribution in [2.24, 2.45) is 5.92 Å². The molecule has 3 rings (SSSR count). The van der Waals surface area contributed by atoms with Gasteiger partial charge in [0.05, 0.1) is 0 Å². The highest BCUT2D eigenvalue weighted by molar-refractivity contribution is 5.56. The summed E-state index contributed by atoms with van der Waals surface area (Å²) in [5.74, 6) is 2.18. The summed E-state index contributed by atoms with van der Waals surface area (Å²) < 4.78 is 5.22. The van der Waals surface area contributed by atoms with Crippen LogP contribution >= 0.6 is 0 Å². The molecule has 1 aliphatic carbocycles. The zero-order valence-electron chi connectivity index (χ0n) is 9.47. The van der Waals surface area contributed by atoms with E-state index in [4.69, 9.17) is 4.52 Å². The fourth-order valence-electron chi connectivity index (χ4n) is 2.04. The molecule has 0 bridgehead atoms. The molecule has 1 saturated carbocycles. The zero-order valence-corrected chi connectivity index (χ0v) is 9.47. The molecular formula is C13H14N2O2. The van der Waals surface area contributed by atoms with Crippen molar-refractivity contribution in [2.45, 2.75) is 25.7 Å². The van der Waals surface area contributed by atoms with E-state index in [-0.39, 0.29) is 5.75 Å². The summed E-state index contributed by atoms with van der Waals surface area (Å²) >= 11 is 0. The van der Waals surface area contributed by atoms with Gasteiger partial charge in [-0.1, -0.05) is 23.7 Å². The first-order chi connectivity index (χ1) is 8.31. The molecule has 1 N–H and O–H groups in total. The normalized spacial score (nSPS) is 15.8. The van der Waals surface area contributed by atoms with Crippen molar-refractivity contribution >= 4 is 0 Å². The maximum atomic E-state index is 9.39. The summed E-state index contributed by atoms with van der Waals surface area (Å²) in [7, 11) is 0. The molecule has 0 aliphatic heterocycles. The maximum absolute atomic E-state index is 9.39. The van der Waals surface area contributed by atoms with E-state index < -0.39 is 0 Å². The number of aromatic hydroxyl groups is 1. The lowest BCUT2D eigenvalue weighted by Crippen LogP contribution is -2.13. The summed E-state index contributed by atoms with van der Waals surface area (Å²) in [5.41, 5.74) is 0.786. The van der Waals surface area contributed by atoms with Crippen LogP contribution in [0.4, 0.5) is 0 Å². The monoisotopic (exact) mass is 230 g/mol. The minimum atomic E-state index is 0.216. The number of benzene rings is 1. The van der Waals surface area contributed by atoms with E-state index in [1.54, 1.807) is 18.2 Å². The van der Waals surface area contributed by atoms with Gasteiger partial charge in [0.1, 0.15) is 5.75 Å². The lowest BCUT2D eigenvalue weighted by atomic mass is 9.83. The Labute approximate surface area is 99.3 Å². The first-order valence-electron chi connectivity index (χ1n) is 5.93. The van der Waals surface area contributed by atoms with E-state index >= 15 is 0 Å². The number of phenols is 1.